The second-order valence-electron chi connectivity index (χ2n) is 7.58. The lowest BCUT2D eigenvalue weighted by Gasteiger charge is -2.35. The molecular formula is C19H37N5O. The molecule has 0 spiro atoms. The topological polar surface area (TPSA) is 60.0 Å². The standard InChI is InChI=1S/C19H37N5O/c1-4-20-19(21-10-7-13-23-11-6-9-18(23)25)22-14-17(3)24-12-5-8-16(2)15-24/h16-17H,4-15H2,1-3H3,(H2,20,21,22). The summed E-state index contributed by atoms with van der Waals surface area (Å²) >= 11 is 0. The number of rotatable bonds is 8. The summed E-state index contributed by atoms with van der Waals surface area (Å²) in [6, 6.07) is 0.487. The molecule has 0 saturated carbocycles. The molecule has 2 saturated heterocycles. The average molecular weight is 352 g/mol. The van der Waals surface area contributed by atoms with Gasteiger partial charge >= 0.3 is 0 Å². The van der Waals surface area contributed by atoms with E-state index in [1.54, 1.807) is 0 Å². The first kappa shape index (κ1) is 20.0. The van der Waals surface area contributed by atoms with Crippen molar-refractivity contribution in [1.29, 1.82) is 0 Å². The minimum atomic E-state index is 0.310. The van der Waals surface area contributed by atoms with Gasteiger partial charge in [0.2, 0.25) is 5.91 Å². The van der Waals surface area contributed by atoms with E-state index >= 15 is 0 Å². The first-order valence-electron chi connectivity index (χ1n) is 10.1. The molecule has 0 radical (unpaired) electrons. The normalized spacial score (nSPS) is 23.8. The summed E-state index contributed by atoms with van der Waals surface area (Å²) < 4.78 is 0. The first-order valence-corrected chi connectivity index (χ1v) is 10.1. The predicted octanol–water partition coefficient (Wildman–Crippen LogP) is 1.67. The van der Waals surface area contributed by atoms with Crippen molar-refractivity contribution < 1.29 is 4.79 Å². The van der Waals surface area contributed by atoms with Crippen LogP contribution in [0, 0.1) is 5.92 Å². The highest BCUT2D eigenvalue weighted by atomic mass is 16.2. The Kier molecular flexibility index (Phi) is 8.52. The fraction of sp³-hybridized carbons (Fsp3) is 0.895. The SMILES string of the molecule is CCNC(=NCC(C)N1CCCC(C)C1)NCCCN1CCCC1=O. The molecule has 6 nitrogen and oxygen atoms in total. The maximum Gasteiger partial charge on any atom is 0.222 e. The van der Waals surface area contributed by atoms with E-state index in [2.05, 4.69) is 36.3 Å². The Bertz CT molecular complexity index is 440. The number of nitrogens with zero attached hydrogens (tertiary/aromatic N) is 3. The van der Waals surface area contributed by atoms with E-state index in [1.165, 1.54) is 25.9 Å². The van der Waals surface area contributed by atoms with Gasteiger partial charge in [0.05, 0.1) is 6.54 Å². The van der Waals surface area contributed by atoms with Crippen molar-refractivity contribution in [1.82, 2.24) is 20.4 Å². The molecule has 2 aliphatic heterocycles. The lowest BCUT2D eigenvalue weighted by atomic mass is 9.99. The fourth-order valence-corrected chi connectivity index (χ4v) is 3.72. The number of carbonyl (C=O) groups excluding carboxylic acids is 1. The summed E-state index contributed by atoms with van der Waals surface area (Å²) in [5, 5.41) is 6.74. The molecule has 0 aromatic rings. The summed E-state index contributed by atoms with van der Waals surface area (Å²) in [7, 11) is 0. The summed E-state index contributed by atoms with van der Waals surface area (Å²) in [5.41, 5.74) is 0. The van der Waals surface area contributed by atoms with Crippen LogP contribution in [0.15, 0.2) is 4.99 Å². The summed E-state index contributed by atoms with van der Waals surface area (Å²) in [6.45, 7) is 13.5. The van der Waals surface area contributed by atoms with Crippen LogP contribution in [0.3, 0.4) is 0 Å². The van der Waals surface area contributed by atoms with Gasteiger partial charge in [-0.2, -0.15) is 0 Å². The molecule has 2 aliphatic rings. The van der Waals surface area contributed by atoms with Crippen LogP contribution in [0.5, 0.6) is 0 Å². The third-order valence-electron chi connectivity index (χ3n) is 5.24. The van der Waals surface area contributed by atoms with E-state index in [1.807, 2.05) is 4.90 Å². The molecule has 2 atom stereocenters. The molecule has 2 rings (SSSR count). The number of guanidine groups is 1. The van der Waals surface area contributed by atoms with E-state index in [4.69, 9.17) is 4.99 Å². The fourth-order valence-electron chi connectivity index (χ4n) is 3.72. The van der Waals surface area contributed by atoms with E-state index in [9.17, 15) is 4.79 Å². The third-order valence-corrected chi connectivity index (χ3v) is 5.24. The smallest absolute Gasteiger partial charge is 0.222 e. The van der Waals surface area contributed by atoms with Crippen molar-refractivity contribution >= 4 is 11.9 Å². The molecule has 0 bridgehead atoms. The molecule has 0 aliphatic carbocycles. The van der Waals surface area contributed by atoms with Crippen LogP contribution in [0.2, 0.25) is 0 Å². The number of hydrogen-bond acceptors (Lipinski definition) is 3. The van der Waals surface area contributed by atoms with Crippen molar-refractivity contribution in [3.05, 3.63) is 0 Å². The molecular weight excluding hydrogens is 314 g/mol. The highest BCUT2D eigenvalue weighted by molar-refractivity contribution is 5.79. The van der Waals surface area contributed by atoms with Gasteiger partial charge in [-0.15, -0.1) is 0 Å². The summed E-state index contributed by atoms with van der Waals surface area (Å²) in [5.74, 6) is 2.01. The van der Waals surface area contributed by atoms with Crippen LogP contribution in [0.25, 0.3) is 0 Å². The number of aliphatic imine (C=N–C) groups is 1. The highest BCUT2D eigenvalue weighted by Crippen LogP contribution is 2.17. The minimum absolute atomic E-state index is 0.310. The molecule has 2 unspecified atom stereocenters. The molecule has 2 N–H and O–H groups in total. The summed E-state index contributed by atoms with van der Waals surface area (Å²) in [6.07, 6.45) is 5.38. The van der Waals surface area contributed by atoms with E-state index in [0.29, 0.717) is 11.9 Å². The van der Waals surface area contributed by atoms with Crippen LogP contribution in [-0.4, -0.2) is 73.5 Å². The predicted molar refractivity (Wildman–Crippen MR) is 104 cm³/mol. The molecule has 2 heterocycles. The van der Waals surface area contributed by atoms with Crippen molar-refractivity contribution in [2.24, 2.45) is 10.9 Å². The van der Waals surface area contributed by atoms with Gasteiger partial charge in [0.15, 0.2) is 5.96 Å². The average Bonchev–Trinajstić information content (AvgIpc) is 3.01. The Hall–Kier alpha value is -1.30. The van der Waals surface area contributed by atoms with Gasteiger partial charge in [0, 0.05) is 45.2 Å². The Morgan fingerprint density at radius 3 is 2.84 bits per heavy atom. The van der Waals surface area contributed by atoms with Crippen LogP contribution < -0.4 is 10.6 Å². The number of likely N-dealkylation sites (tertiary alicyclic amines) is 2. The second-order valence-corrected chi connectivity index (χ2v) is 7.58. The Morgan fingerprint density at radius 1 is 1.32 bits per heavy atom. The van der Waals surface area contributed by atoms with Crippen LogP contribution in [0.1, 0.15) is 52.9 Å². The molecule has 144 valence electrons. The quantitative estimate of drug-likeness (QED) is 0.397. The summed E-state index contributed by atoms with van der Waals surface area (Å²) in [4.78, 5) is 20.9. The number of piperidine rings is 1. The monoisotopic (exact) mass is 351 g/mol. The van der Waals surface area contributed by atoms with Crippen LogP contribution >= 0.6 is 0 Å². The Labute approximate surface area is 153 Å². The van der Waals surface area contributed by atoms with Gasteiger partial charge in [0.25, 0.3) is 0 Å². The number of amides is 1. The highest BCUT2D eigenvalue weighted by Gasteiger charge is 2.21. The maximum absolute atomic E-state index is 11.6. The molecule has 0 aromatic carbocycles. The number of carbonyl (C=O) groups is 1. The second kappa shape index (κ2) is 10.6. The van der Waals surface area contributed by atoms with E-state index in [-0.39, 0.29) is 0 Å². The molecule has 2 fully saturated rings. The van der Waals surface area contributed by atoms with Gasteiger partial charge in [-0.1, -0.05) is 6.92 Å². The molecule has 1 amide bonds. The van der Waals surface area contributed by atoms with Crippen molar-refractivity contribution in [3.8, 4) is 0 Å². The van der Waals surface area contributed by atoms with Crippen LogP contribution in [-0.2, 0) is 4.79 Å². The van der Waals surface area contributed by atoms with Gasteiger partial charge in [0.1, 0.15) is 0 Å². The Balaban J connectivity index is 1.70. The lowest BCUT2D eigenvalue weighted by molar-refractivity contribution is -0.127. The van der Waals surface area contributed by atoms with Gasteiger partial charge < -0.3 is 15.5 Å². The zero-order valence-electron chi connectivity index (χ0n) is 16.4. The van der Waals surface area contributed by atoms with Crippen molar-refractivity contribution in [2.45, 2.75) is 58.9 Å². The zero-order chi connectivity index (χ0) is 18.1. The minimum Gasteiger partial charge on any atom is -0.357 e. The number of nitrogens with one attached hydrogen (secondary N) is 2. The molecule has 25 heavy (non-hydrogen) atoms. The lowest BCUT2D eigenvalue weighted by Crippen LogP contribution is -2.43. The molecule has 0 aromatic heterocycles. The van der Waals surface area contributed by atoms with Crippen molar-refractivity contribution in [3.63, 3.8) is 0 Å². The first-order chi connectivity index (χ1) is 12.1. The van der Waals surface area contributed by atoms with E-state index in [0.717, 1.165) is 63.9 Å². The largest absolute Gasteiger partial charge is 0.357 e. The zero-order valence-corrected chi connectivity index (χ0v) is 16.4. The van der Waals surface area contributed by atoms with Gasteiger partial charge in [-0.3, -0.25) is 14.7 Å². The van der Waals surface area contributed by atoms with E-state index < -0.39 is 0 Å². The van der Waals surface area contributed by atoms with Gasteiger partial charge in [-0.25, -0.2) is 0 Å². The van der Waals surface area contributed by atoms with Gasteiger partial charge in [-0.05, 0) is 52.0 Å². The number of hydrogen-bond donors (Lipinski definition) is 2. The van der Waals surface area contributed by atoms with Crippen LogP contribution in [0.4, 0.5) is 0 Å². The third kappa shape index (κ3) is 6.84. The maximum atomic E-state index is 11.6. The Morgan fingerprint density at radius 2 is 2.16 bits per heavy atom. The molecule has 6 heteroatoms. The van der Waals surface area contributed by atoms with Crippen molar-refractivity contribution in [2.75, 3.05) is 45.8 Å².